The Balaban J connectivity index is 1.69. The highest BCUT2D eigenvalue weighted by molar-refractivity contribution is 7.92. The molecular formula is C30H35FN2O6S. The number of halogens is 1. The molecule has 10 heteroatoms. The van der Waals surface area contributed by atoms with Gasteiger partial charge in [0.25, 0.3) is 0 Å². The van der Waals surface area contributed by atoms with Crippen LogP contribution in [0.25, 0.3) is 17.2 Å². The number of aliphatic carboxylic acids is 1. The summed E-state index contributed by atoms with van der Waals surface area (Å²) in [5.74, 6) is -1.70. The minimum Gasteiger partial charge on any atom is -0.481 e. The first kappa shape index (κ1) is 28.4. The summed E-state index contributed by atoms with van der Waals surface area (Å²) >= 11 is 0. The number of rotatable bonds is 10. The van der Waals surface area contributed by atoms with Crippen molar-refractivity contribution < 1.29 is 32.2 Å². The van der Waals surface area contributed by atoms with Crippen LogP contribution in [0.2, 0.25) is 0 Å². The molecule has 0 unspecified atom stereocenters. The van der Waals surface area contributed by atoms with Gasteiger partial charge in [0.1, 0.15) is 17.9 Å². The molecule has 0 amide bonds. The third kappa shape index (κ3) is 5.83. The van der Waals surface area contributed by atoms with Gasteiger partial charge in [0, 0.05) is 17.0 Å². The van der Waals surface area contributed by atoms with E-state index in [1.54, 1.807) is 12.1 Å². The lowest BCUT2D eigenvalue weighted by Crippen LogP contribution is -2.38. The van der Waals surface area contributed by atoms with E-state index in [0.29, 0.717) is 29.1 Å². The zero-order valence-electron chi connectivity index (χ0n) is 23.0. The van der Waals surface area contributed by atoms with Crippen molar-refractivity contribution in [1.82, 2.24) is 4.98 Å². The molecule has 40 heavy (non-hydrogen) atoms. The largest absolute Gasteiger partial charge is 0.481 e. The summed E-state index contributed by atoms with van der Waals surface area (Å²) in [6, 6.07) is 6.11. The zero-order chi connectivity index (χ0) is 28.9. The minimum atomic E-state index is -3.67. The van der Waals surface area contributed by atoms with Crippen molar-refractivity contribution >= 4 is 34.2 Å². The first-order valence-corrected chi connectivity index (χ1v) is 15.5. The van der Waals surface area contributed by atoms with Gasteiger partial charge in [-0.05, 0) is 66.7 Å². The van der Waals surface area contributed by atoms with Crippen molar-refractivity contribution in [1.29, 1.82) is 0 Å². The number of pyridine rings is 1. The molecule has 1 aliphatic heterocycles. The lowest BCUT2D eigenvalue weighted by Gasteiger charge is -2.27. The van der Waals surface area contributed by atoms with Gasteiger partial charge in [-0.15, -0.1) is 0 Å². The van der Waals surface area contributed by atoms with Gasteiger partial charge < -0.3 is 14.6 Å². The van der Waals surface area contributed by atoms with Gasteiger partial charge in [-0.2, -0.15) is 0 Å². The van der Waals surface area contributed by atoms with Gasteiger partial charge in [0.2, 0.25) is 10.0 Å². The van der Waals surface area contributed by atoms with Crippen molar-refractivity contribution in [3.63, 3.8) is 0 Å². The van der Waals surface area contributed by atoms with Crippen LogP contribution in [0.1, 0.15) is 75.1 Å². The maximum absolute atomic E-state index is 14.0. The summed E-state index contributed by atoms with van der Waals surface area (Å²) in [5, 5.41) is 9.20. The second-order valence-corrected chi connectivity index (χ2v) is 13.8. The first-order chi connectivity index (χ1) is 18.9. The Labute approximate surface area is 234 Å². The fraction of sp³-hybridized carbons (Fsp3) is 0.500. The van der Waals surface area contributed by atoms with Crippen LogP contribution in [-0.4, -0.2) is 49.2 Å². The van der Waals surface area contributed by atoms with E-state index in [0.717, 1.165) is 43.1 Å². The normalized spacial score (nSPS) is 19.9. The van der Waals surface area contributed by atoms with Crippen LogP contribution >= 0.6 is 0 Å². The van der Waals surface area contributed by atoms with Crippen LogP contribution in [0.15, 0.2) is 30.3 Å². The zero-order valence-corrected chi connectivity index (χ0v) is 23.8. The summed E-state index contributed by atoms with van der Waals surface area (Å²) in [6.45, 7) is 4.34. The highest BCUT2D eigenvalue weighted by atomic mass is 32.2. The number of carbonyl (C=O) groups excluding carboxylic acids is 1. The second kappa shape index (κ2) is 10.4. The Hall–Kier alpha value is -3.11. The van der Waals surface area contributed by atoms with Crippen molar-refractivity contribution in [3.8, 4) is 11.1 Å². The average Bonchev–Trinajstić information content (AvgIpc) is 3.81. The Kier molecular flexibility index (Phi) is 7.37. The molecule has 0 bridgehead atoms. The third-order valence-electron chi connectivity index (χ3n) is 8.22. The average molecular weight is 571 g/mol. The molecule has 0 saturated heterocycles. The number of nitrogens with zero attached hydrogens (tertiary/aromatic N) is 2. The molecule has 0 radical (unpaired) electrons. The van der Waals surface area contributed by atoms with Gasteiger partial charge in [-0.25, -0.2) is 17.8 Å². The Morgan fingerprint density at radius 2 is 1.88 bits per heavy atom. The van der Waals surface area contributed by atoms with E-state index in [1.165, 1.54) is 22.7 Å². The quantitative estimate of drug-likeness (QED) is 0.385. The van der Waals surface area contributed by atoms with Gasteiger partial charge in [0.15, 0.2) is 0 Å². The standard InChI is InChI=1S/C30H35FN2O6S/c1-19(2)27-23(8-9-29(10-11-29)15-20(16-34)14-25(35)36)26(21-4-6-22(31)7-5-21)24-17-39-30(12-13-30)18-33(28(24)32-27)40(3,37)38/h4-9,16,19-20H,10-15,17-18H2,1-3H3,(H,35,36)/b9-8+/t20-/m0/s1. The predicted octanol–water partition coefficient (Wildman–Crippen LogP) is 5.31. The van der Waals surface area contributed by atoms with Gasteiger partial charge >= 0.3 is 5.97 Å². The van der Waals surface area contributed by atoms with Gasteiger partial charge in [-0.3, -0.25) is 9.10 Å². The van der Waals surface area contributed by atoms with Gasteiger partial charge in [0.05, 0.1) is 37.1 Å². The number of benzene rings is 1. The predicted molar refractivity (Wildman–Crippen MR) is 150 cm³/mol. The number of anilines is 1. The summed E-state index contributed by atoms with van der Waals surface area (Å²) < 4.78 is 47.8. The van der Waals surface area contributed by atoms with Crippen molar-refractivity contribution in [2.75, 3.05) is 17.1 Å². The molecule has 8 nitrogen and oxygen atoms in total. The van der Waals surface area contributed by atoms with Crippen LogP contribution in [-0.2, 0) is 31.0 Å². The number of carbonyl (C=O) groups is 2. The fourth-order valence-corrected chi connectivity index (χ4v) is 6.58. The van der Waals surface area contributed by atoms with E-state index in [2.05, 4.69) is 0 Å². The molecule has 1 aromatic carbocycles. The van der Waals surface area contributed by atoms with E-state index in [9.17, 15) is 27.5 Å². The fourth-order valence-electron chi connectivity index (χ4n) is 5.64. The first-order valence-electron chi connectivity index (χ1n) is 13.7. The number of hydrogen-bond acceptors (Lipinski definition) is 6. The molecule has 2 aromatic rings. The van der Waals surface area contributed by atoms with E-state index in [4.69, 9.17) is 9.72 Å². The highest BCUT2D eigenvalue weighted by Crippen LogP contribution is 2.53. The molecule has 1 aromatic heterocycles. The molecule has 1 spiro atoms. The summed E-state index contributed by atoms with van der Waals surface area (Å²) in [5.41, 5.74) is 2.74. The molecule has 214 valence electrons. The lowest BCUT2D eigenvalue weighted by atomic mass is 9.87. The maximum Gasteiger partial charge on any atom is 0.304 e. The number of fused-ring (bicyclic) bond motifs is 1. The number of allylic oxidation sites excluding steroid dienone is 1. The van der Waals surface area contributed by atoms with Crippen molar-refractivity contribution in [3.05, 3.63) is 53.0 Å². The number of carboxylic acid groups (broad SMARTS) is 1. The smallest absolute Gasteiger partial charge is 0.304 e. The highest BCUT2D eigenvalue weighted by Gasteiger charge is 2.50. The van der Waals surface area contributed by atoms with Crippen LogP contribution < -0.4 is 4.31 Å². The Morgan fingerprint density at radius 1 is 1.20 bits per heavy atom. The maximum atomic E-state index is 14.0. The SMILES string of the molecule is CC(C)c1nc2c(c(-c3ccc(F)cc3)c1/C=C/C1(C[C@@H](C=O)CC(=O)O)CC1)COC1(CC1)CN2S(C)(=O)=O. The molecule has 1 atom stereocenters. The summed E-state index contributed by atoms with van der Waals surface area (Å²) in [6.07, 6.45) is 9.34. The minimum absolute atomic E-state index is 0.0745. The van der Waals surface area contributed by atoms with E-state index >= 15 is 0 Å². The molecule has 3 aliphatic rings. The van der Waals surface area contributed by atoms with Crippen LogP contribution in [0.3, 0.4) is 0 Å². The number of ether oxygens (including phenoxy) is 1. The molecular weight excluding hydrogens is 535 g/mol. The number of aromatic nitrogens is 1. The number of aldehydes is 1. The van der Waals surface area contributed by atoms with Crippen LogP contribution in [0.5, 0.6) is 0 Å². The number of carboxylic acids is 1. The molecule has 1 N–H and O–H groups in total. The van der Waals surface area contributed by atoms with Crippen LogP contribution in [0.4, 0.5) is 10.2 Å². The monoisotopic (exact) mass is 570 g/mol. The van der Waals surface area contributed by atoms with Crippen LogP contribution in [0, 0.1) is 17.2 Å². The van der Waals surface area contributed by atoms with Gasteiger partial charge in [-0.1, -0.05) is 38.1 Å². The second-order valence-electron chi connectivity index (χ2n) is 11.9. The summed E-state index contributed by atoms with van der Waals surface area (Å²) in [4.78, 5) is 27.8. The topological polar surface area (TPSA) is 114 Å². The van der Waals surface area contributed by atoms with E-state index in [1.807, 2.05) is 26.0 Å². The number of sulfonamides is 1. The molecule has 5 rings (SSSR count). The van der Waals surface area contributed by atoms with E-state index in [-0.39, 0.29) is 36.7 Å². The molecule has 2 saturated carbocycles. The van der Waals surface area contributed by atoms with Crippen molar-refractivity contribution in [2.24, 2.45) is 11.3 Å². The third-order valence-corrected chi connectivity index (χ3v) is 9.32. The Morgan fingerprint density at radius 3 is 2.40 bits per heavy atom. The molecule has 2 heterocycles. The number of hydrogen-bond donors (Lipinski definition) is 1. The summed E-state index contributed by atoms with van der Waals surface area (Å²) in [7, 11) is -3.67. The molecule has 2 fully saturated rings. The van der Waals surface area contributed by atoms with Crippen molar-refractivity contribution in [2.45, 2.75) is 70.5 Å². The van der Waals surface area contributed by atoms with E-state index < -0.39 is 27.5 Å². The molecule has 2 aliphatic carbocycles. The lowest BCUT2D eigenvalue weighted by molar-refractivity contribution is -0.139. The Bertz CT molecular complexity index is 1460.